The zero-order chi connectivity index (χ0) is 11.8. The molecule has 2 nitrogen and oxygen atoms in total. The predicted molar refractivity (Wildman–Crippen MR) is 67.8 cm³/mol. The van der Waals surface area contributed by atoms with E-state index >= 15 is 0 Å². The molecule has 0 heterocycles. The SMILES string of the molecule is C#CCCOc1c(Cl)cccc1CNCC. The Hall–Kier alpha value is -1.17. The van der Waals surface area contributed by atoms with Crippen LogP contribution in [0.2, 0.25) is 5.02 Å². The Morgan fingerprint density at radius 3 is 3.00 bits per heavy atom. The highest BCUT2D eigenvalue weighted by Crippen LogP contribution is 2.28. The van der Waals surface area contributed by atoms with E-state index in [1.165, 1.54) is 0 Å². The third-order valence-electron chi connectivity index (χ3n) is 2.11. The number of terminal acetylenes is 1. The second kappa shape index (κ2) is 7.16. The number of ether oxygens (including phenoxy) is 1. The van der Waals surface area contributed by atoms with Gasteiger partial charge in [-0.05, 0) is 12.6 Å². The van der Waals surface area contributed by atoms with Crippen LogP contribution < -0.4 is 10.1 Å². The lowest BCUT2D eigenvalue weighted by atomic mass is 10.2. The van der Waals surface area contributed by atoms with Crippen molar-refractivity contribution in [2.45, 2.75) is 19.9 Å². The number of benzene rings is 1. The zero-order valence-corrected chi connectivity index (χ0v) is 10.2. The Morgan fingerprint density at radius 2 is 2.31 bits per heavy atom. The summed E-state index contributed by atoms with van der Waals surface area (Å²) in [5.41, 5.74) is 1.06. The first kappa shape index (κ1) is 12.9. The van der Waals surface area contributed by atoms with Crippen LogP contribution in [0, 0.1) is 12.3 Å². The highest BCUT2D eigenvalue weighted by molar-refractivity contribution is 6.32. The van der Waals surface area contributed by atoms with E-state index in [1.807, 2.05) is 18.2 Å². The minimum absolute atomic E-state index is 0.499. The fraction of sp³-hybridized carbons (Fsp3) is 0.385. The molecular weight excluding hydrogens is 222 g/mol. The molecule has 0 bridgehead atoms. The van der Waals surface area contributed by atoms with Crippen molar-refractivity contribution in [3.63, 3.8) is 0 Å². The molecule has 0 amide bonds. The third-order valence-corrected chi connectivity index (χ3v) is 2.40. The number of para-hydroxylation sites is 1. The molecule has 0 aliphatic heterocycles. The quantitative estimate of drug-likeness (QED) is 0.607. The topological polar surface area (TPSA) is 21.3 Å². The van der Waals surface area contributed by atoms with Gasteiger partial charge in [0.15, 0.2) is 0 Å². The third kappa shape index (κ3) is 3.77. The van der Waals surface area contributed by atoms with E-state index in [0.29, 0.717) is 18.1 Å². The first-order valence-electron chi connectivity index (χ1n) is 5.34. The number of hydrogen-bond acceptors (Lipinski definition) is 2. The number of rotatable bonds is 6. The van der Waals surface area contributed by atoms with Gasteiger partial charge in [-0.3, -0.25) is 0 Å². The molecule has 0 aromatic heterocycles. The van der Waals surface area contributed by atoms with Crippen LogP contribution in [0.3, 0.4) is 0 Å². The average Bonchev–Trinajstić information content (AvgIpc) is 2.29. The molecule has 1 aromatic carbocycles. The molecule has 3 heteroatoms. The Morgan fingerprint density at radius 1 is 1.50 bits per heavy atom. The summed E-state index contributed by atoms with van der Waals surface area (Å²) in [5.74, 6) is 3.27. The van der Waals surface area contributed by atoms with Gasteiger partial charge < -0.3 is 10.1 Å². The van der Waals surface area contributed by atoms with Crippen molar-refractivity contribution < 1.29 is 4.74 Å². The van der Waals surface area contributed by atoms with Crippen LogP contribution in [-0.4, -0.2) is 13.2 Å². The maximum Gasteiger partial charge on any atom is 0.142 e. The van der Waals surface area contributed by atoms with Crippen LogP contribution in [0.25, 0.3) is 0 Å². The highest BCUT2D eigenvalue weighted by atomic mass is 35.5. The first-order valence-corrected chi connectivity index (χ1v) is 5.71. The summed E-state index contributed by atoms with van der Waals surface area (Å²) in [6.45, 7) is 4.22. The largest absolute Gasteiger partial charge is 0.491 e. The number of halogens is 1. The summed E-state index contributed by atoms with van der Waals surface area (Å²) in [5, 5.41) is 3.88. The maximum absolute atomic E-state index is 6.08. The minimum atomic E-state index is 0.499. The summed E-state index contributed by atoms with van der Waals surface area (Å²) in [4.78, 5) is 0. The Balaban J connectivity index is 2.73. The molecule has 0 saturated heterocycles. The maximum atomic E-state index is 6.08. The summed E-state index contributed by atoms with van der Waals surface area (Å²) in [6.07, 6.45) is 5.76. The number of hydrogen-bond donors (Lipinski definition) is 1. The molecule has 0 radical (unpaired) electrons. The van der Waals surface area contributed by atoms with E-state index < -0.39 is 0 Å². The molecular formula is C13H16ClNO. The smallest absolute Gasteiger partial charge is 0.142 e. The molecule has 0 aliphatic rings. The van der Waals surface area contributed by atoms with Crippen molar-refractivity contribution in [3.8, 4) is 18.1 Å². The molecule has 86 valence electrons. The molecule has 1 N–H and O–H groups in total. The monoisotopic (exact) mass is 237 g/mol. The van der Waals surface area contributed by atoms with Crippen molar-refractivity contribution in [1.29, 1.82) is 0 Å². The second-order valence-corrected chi connectivity index (χ2v) is 3.72. The van der Waals surface area contributed by atoms with Gasteiger partial charge in [0.25, 0.3) is 0 Å². The van der Waals surface area contributed by atoms with Crippen molar-refractivity contribution >= 4 is 11.6 Å². The highest BCUT2D eigenvalue weighted by Gasteiger charge is 2.07. The van der Waals surface area contributed by atoms with Crippen molar-refractivity contribution in [2.24, 2.45) is 0 Å². The first-order chi connectivity index (χ1) is 7.79. The molecule has 0 spiro atoms. The van der Waals surface area contributed by atoms with Gasteiger partial charge in [-0.1, -0.05) is 30.7 Å². The molecule has 0 saturated carbocycles. The fourth-order valence-electron chi connectivity index (χ4n) is 1.33. The van der Waals surface area contributed by atoms with E-state index in [4.69, 9.17) is 22.8 Å². The van der Waals surface area contributed by atoms with Crippen LogP contribution in [0.1, 0.15) is 18.9 Å². The molecule has 0 atom stereocenters. The van der Waals surface area contributed by atoms with E-state index in [1.54, 1.807) is 0 Å². The standard InChI is InChI=1S/C13H16ClNO/c1-3-5-9-16-13-11(10-15-4-2)7-6-8-12(13)14/h1,6-8,15H,4-5,9-10H2,2H3. The van der Waals surface area contributed by atoms with Crippen LogP contribution in [0.4, 0.5) is 0 Å². The van der Waals surface area contributed by atoms with Crippen molar-refractivity contribution in [3.05, 3.63) is 28.8 Å². The summed E-state index contributed by atoms with van der Waals surface area (Å²) in [6, 6.07) is 5.74. The van der Waals surface area contributed by atoms with Crippen LogP contribution >= 0.6 is 11.6 Å². The lowest BCUT2D eigenvalue weighted by molar-refractivity contribution is 0.323. The van der Waals surface area contributed by atoms with Gasteiger partial charge in [0, 0.05) is 18.5 Å². The van der Waals surface area contributed by atoms with Crippen molar-refractivity contribution in [2.75, 3.05) is 13.2 Å². The van der Waals surface area contributed by atoms with Crippen LogP contribution in [0.5, 0.6) is 5.75 Å². The predicted octanol–water partition coefficient (Wildman–Crippen LogP) is 2.85. The molecule has 16 heavy (non-hydrogen) atoms. The molecule has 0 unspecified atom stereocenters. The molecule has 1 rings (SSSR count). The summed E-state index contributed by atoms with van der Waals surface area (Å²) < 4.78 is 5.59. The van der Waals surface area contributed by atoms with Gasteiger partial charge in [0.05, 0.1) is 11.6 Å². The lowest BCUT2D eigenvalue weighted by Crippen LogP contribution is -2.13. The zero-order valence-electron chi connectivity index (χ0n) is 9.42. The van der Waals surface area contributed by atoms with E-state index in [-0.39, 0.29) is 0 Å². The fourth-order valence-corrected chi connectivity index (χ4v) is 1.57. The van der Waals surface area contributed by atoms with Gasteiger partial charge in [0.2, 0.25) is 0 Å². The Kier molecular flexibility index (Phi) is 5.77. The number of nitrogens with one attached hydrogen (secondary N) is 1. The van der Waals surface area contributed by atoms with Crippen LogP contribution in [0.15, 0.2) is 18.2 Å². The van der Waals surface area contributed by atoms with Crippen molar-refractivity contribution in [1.82, 2.24) is 5.32 Å². The van der Waals surface area contributed by atoms with Gasteiger partial charge in [-0.25, -0.2) is 0 Å². The Labute approximate surface area is 102 Å². The van der Waals surface area contributed by atoms with E-state index in [0.717, 1.165) is 24.4 Å². The second-order valence-electron chi connectivity index (χ2n) is 3.31. The molecule has 1 aromatic rings. The normalized spacial score (nSPS) is 9.81. The van der Waals surface area contributed by atoms with Gasteiger partial charge in [0.1, 0.15) is 5.75 Å². The van der Waals surface area contributed by atoms with E-state index in [9.17, 15) is 0 Å². The molecule has 0 fully saturated rings. The van der Waals surface area contributed by atoms with Gasteiger partial charge in [-0.15, -0.1) is 12.3 Å². The summed E-state index contributed by atoms with van der Waals surface area (Å²) >= 11 is 6.08. The van der Waals surface area contributed by atoms with Crippen LogP contribution in [-0.2, 0) is 6.54 Å². The average molecular weight is 238 g/mol. The summed E-state index contributed by atoms with van der Waals surface area (Å²) in [7, 11) is 0. The van der Waals surface area contributed by atoms with E-state index in [2.05, 4.69) is 18.2 Å². The Bertz CT molecular complexity index is 371. The minimum Gasteiger partial charge on any atom is -0.491 e. The lowest BCUT2D eigenvalue weighted by Gasteiger charge is -2.12. The van der Waals surface area contributed by atoms with Gasteiger partial charge >= 0.3 is 0 Å². The molecule has 0 aliphatic carbocycles. The van der Waals surface area contributed by atoms with Gasteiger partial charge in [-0.2, -0.15) is 0 Å².